The van der Waals surface area contributed by atoms with Crippen LogP contribution in [0.15, 0.2) is 53.4 Å². The zero-order valence-corrected chi connectivity index (χ0v) is 19.2. The summed E-state index contributed by atoms with van der Waals surface area (Å²) in [6.45, 7) is 6.48. The van der Waals surface area contributed by atoms with Crippen LogP contribution < -0.4 is 14.8 Å². The fraction of sp³-hybridized carbons (Fsp3) is 0.348. The second-order valence-corrected chi connectivity index (χ2v) is 8.65. The first-order chi connectivity index (χ1) is 14.8. The van der Waals surface area contributed by atoms with Crippen LogP contribution >= 0.6 is 0 Å². The molecule has 0 saturated carbocycles. The molecular weight excluding hydrogens is 416 g/mol. The molecule has 0 atom stereocenters. The third-order valence-corrected chi connectivity index (χ3v) is 6.73. The van der Waals surface area contributed by atoms with E-state index >= 15 is 0 Å². The van der Waals surface area contributed by atoms with Crippen molar-refractivity contribution in [3.8, 4) is 11.5 Å². The number of allylic oxidation sites excluding steroid dienone is 1. The van der Waals surface area contributed by atoms with Crippen LogP contribution in [-0.2, 0) is 21.4 Å². The van der Waals surface area contributed by atoms with Crippen molar-refractivity contribution in [3.63, 3.8) is 0 Å². The smallest absolute Gasteiger partial charge is 0.258 e. The first-order valence-corrected chi connectivity index (χ1v) is 11.6. The summed E-state index contributed by atoms with van der Waals surface area (Å²) < 4.78 is 37.4. The molecule has 8 heteroatoms. The Labute approximate surface area is 184 Å². The van der Waals surface area contributed by atoms with Crippen molar-refractivity contribution in [3.05, 3.63) is 59.7 Å². The minimum absolute atomic E-state index is 0.159. The quantitative estimate of drug-likeness (QED) is 0.571. The highest BCUT2D eigenvalue weighted by molar-refractivity contribution is 7.89. The van der Waals surface area contributed by atoms with Gasteiger partial charge in [0.2, 0.25) is 10.0 Å². The van der Waals surface area contributed by atoms with E-state index in [-0.39, 0.29) is 24.0 Å². The first kappa shape index (κ1) is 24.4. The Morgan fingerprint density at radius 1 is 1.06 bits per heavy atom. The molecule has 0 aliphatic heterocycles. The van der Waals surface area contributed by atoms with Crippen LogP contribution in [-0.4, -0.2) is 45.4 Å². The molecule has 1 N–H and O–H groups in total. The summed E-state index contributed by atoms with van der Waals surface area (Å²) >= 11 is 0. The van der Waals surface area contributed by atoms with Crippen LogP contribution in [0.5, 0.6) is 11.5 Å². The lowest BCUT2D eigenvalue weighted by atomic mass is 10.2. The largest absolute Gasteiger partial charge is 0.493 e. The minimum Gasteiger partial charge on any atom is -0.493 e. The molecule has 168 valence electrons. The van der Waals surface area contributed by atoms with Gasteiger partial charge in [0.05, 0.1) is 12.0 Å². The standard InChI is InChI=1S/C23H30N2O5S/c1-5-8-18-11-14-21(22(15-18)29-4)30-17-23(26)24-16-19-9-12-20(13-10-19)31(27,28)25(6-2)7-3/h5,8-15H,6-7,16-17H2,1-4H3,(H,24,26). The van der Waals surface area contributed by atoms with Crippen molar-refractivity contribution >= 4 is 22.0 Å². The average molecular weight is 447 g/mol. The predicted molar refractivity (Wildman–Crippen MR) is 122 cm³/mol. The number of carbonyl (C=O) groups is 1. The predicted octanol–water partition coefficient (Wildman–Crippen LogP) is 3.45. The minimum atomic E-state index is -3.49. The molecule has 0 heterocycles. The molecule has 0 bridgehead atoms. The highest BCUT2D eigenvalue weighted by atomic mass is 32.2. The van der Waals surface area contributed by atoms with E-state index in [0.29, 0.717) is 24.6 Å². The molecule has 1 amide bonds. The van der Waals surface area contributed by atoms with Gasteiger partial charge in [-0.3, -0.25) is 4.79 Å². The van der Waals surface area contributed by atoms with Crippen molar-refractivity contribution in [1.82, 2.24) is 9.62 Å². The lowest BCUT2D eigenvalue weighted by molar-refractivity contribution is -0.123. The van der Waals surface area contributed by atoms with Gasteiger partial charge in [-0.1, -0.05) is 44.2 Å². The summed E-state index contributed by atoms with van der Waals surface area (Å²) in [6, 6.07) is 12.0. The van der Waals surface area contributed by atoms with Crippen LogP contribution in [0.4, 0.5) is 0 Å². The molecule has 0 spiro atoms. The molecule has 0 radical (unpaired) electrons. The van der Waals surface area contributed by atoms with E-state index in [4.69, 9.17) is 9.47 Å². The molecule has 2 rings (SSSR count). The molecular formula is C23H30N2O5S. The number of amides is 1. The number of hydrogen-bond acceptors (Lipinski definition) is 5. The van der Waals surface area contributed by atoms with Crippen LogP contribution in [0.2, 0.25) is 0 Å². The first-order valence-electron chi connectivity index (χ1n) is 10.1. The third-order valence-electron chi connectivity index (χ3n) is 4.66. The zero-order valence-electron chi connectivity index (χ0n) is 18.4. The summed E-state index contributed by atoms with van der Waals surface area (Å²) in [5, 5.41) is 2.77. The van der Waals surface area contributed by atoms with Crippen molar-refractivity contribution in [2.24, 2.45) is 0 Å². The Morgan fingerprint density at radius 3 is 2.32 bits per heavy atom. The molecule has 0 unspecified atom stereocenters. The number of rotatable bonds is 11. The summed E-state index contributed by atoms with van der Waals surface area (Å²) in [5.41, 5.74) is 1.77. The van der Waals surface area contributed by atoms with Gasteiger partial charge in [0.25, 0.3) is 5.91 Å². The van der Waals surface area contributed by atoms with Gasteiger partial charge in [-0.15, -0.1) is 0 Å². The molecule has 2 aromatic rings. The molecule has 7 nitrogen and oxygen atoms in total. The number of benzene rings is 2. The molecule has 2 aromatic carbocycles. The maximum atomic E-state index is 12.5. The van der Waals surface area contributed by atoms with Gasteiger partial charge in [-0.05, 0) is 42.3 Å². The molecule has 0 aliphatic carbocycles. The van der Waals surface area contributed by atoms with Gasteiger partial charge in [0.15, 0.2) is 18.1 Å². The number of hydrogen-bond donors (Lipinski definition) is 1. The van der Waals surface area contributed by atoms with Crippen LogP contribution in [0.1, 0.15) is 31.9 Å². The van der Waals surface area contributed by atoms with Crippen LogP contribution in [0.25, 0.3) is 6.08 Å². The fourth-order valence-corrected chi connectivity index (χ4v) is 4.44. The number of nitrogens with one attached hydrogen (secondary N) is 1. The topological polar surface area (TPSA) is 84.9 Å². The van der Waals surface area contributed by atoms with Gasteiger partial charge >= 0.3 is 0 Å². The summed E-state index contributed by atoms with van der Waals surface area (Å²) in [4.78, 5) is 12.4. The van der Waals surface area contributed by atoms with Crippen LogP contribution in [0.3, 0.4) is 0 Å². The highest BCUT2D eigenvalue weighted by Gasteiger charge is 2.21. The Bertz CT molecular complexity index is 997. The number of nitrogens with zero attached hydrogens (tertiary/aromatic N) is 1. The van der Waals surface area contributed by atoms with Gasteiger partial charge in [0.1, 0.15) is 0 Å². The van der Waals surface area contributed by atoms with Gasteiger partial charge in [-0.2, -0.15) is 4.31 Å². The molecule has 0 aromatic heterocycles. The molecule has 0 fully saturated rings. The maximum Gasteiger partial charge on any atom is 0.258 e. The van der Waals surface area contributed by atoms with E-state index < -0.39 is 10.0 Å². The van der Waals surface area contributed by atoms with Crippen LogP contribution in [0, 0.1) is 0 Å². The van der Waals surface area contributed by atoms with Gasteiger partial charge in [-0.25, -0.2) is 8.42 Å². The lowest BCUT2D eigenvalue weighted by Crippen LogP contribution is -2.30. The molecule has 0 aliphatic rings. The van der Waals surface area contributed by atoms with E-state index in [9.17, 15) is 13.2 Å². The maximum absolute atomic E-state index is 12.5. The van der Waals surface area contributed by atoms with Crippen molar-refractivity contribution in [2.75, 3.05) is 26.8 Å². The highest BCUT2D eigenvalue weighted by Crippen LogP contribution is 2.28. The van der Waals surface area contributed by atoms with E-state index in [1.54, 1.807) is 51.3 Å². The zero-order chi connectivity index (χ0) is 22.9. The second-order valence-electron chi connectivity index (χ2n) is 6.71. The number of methoxy groups -OCH3 is 1. The fourth-order valence-electron chi connectivity index (χ4n) is 2.99. The van der Waals surface area contributed by atoms with Gasteiger partial charge in [0, 0.05) is 19.6 Å². The molecule has 31 heavy (non-hydrogen) atoms. The monoisotopic (exact) mass is 446 g/mol. The molecule has 0 saturated heterocycles. The summed E-state index contributed by atoms with van der Waals surface area (Å²) in [7, 11) is -1.94. The Hall–Kier alpha value is -2.84. The lowest BCUT2D eigenvalue weighted by Gasteiger charge is -2.18. The van der Waals surface area contributed by atoms with Gasteiger partial charge < -0.3 is 14.8 Å². The Balaban J connectivity index is 1.92. The van der Waals surface area contributed by atoms with Crippen molar-refractivity contribution in [2.45, 2.75) is 32.2 Å². The van der Waals surface area contributed by atoms with Crippen molar-refractivity contribution in [1.29, 1.82) is 0 Å². The number of sulfonamides is 1. The van der Waals surface area contributed by atoms with E-state index in [0.717, 1.165) is 11.1 Å². The average Bonchev–Trinajstić information content (AvgIpc) is 2.77. The van der Waals surface area contributed by atoms with Crippen molar-refractivity contribution < 1.29 is 22.7 Å². The Morgan fingerprint density at radius 2 is 1.74 bits per heavy atom. The SMILES string of the molecule is CC=Cc1ccc(OCC(=O)NCc2ccc(S(=O)(=O)N(CC)CC)cc2)c(OC)c1. The number of carbonyl (C=O) groups excluding carboxylic acids is 1. The van der Waals surface area contributed by atoms with E-state index in [2.05, 4.69) is 5.32 Å². The number of ether oxygens (including phenoxy) is 2. The van der Waals surface area contributed by atoms with E-state index in [1.165, 1.54) is 4.31 Å². The summed E-state index contributed by atoms with van der Waals surface area (Å²) in [5.74, 6) is 0.740. The van der Waals surface area contributed by atoms with E-state index in [1.807, 2.05) is 31.2 Å². The normalized spacial score (nSPS) is 11.6. The summed E-state index contributed by atoms with van der Waals surface area (Å²) in [6.07, 6.45) is 3.87. The third kappa shape index (κ3) is 6.57. The second kappa shape index (κ2) is 11.5. The Kier molecular flexibility index (Phi) is 9.08.